The van der Waals surface area contributed by atoms with Crippen LogP contribution in [0.5, 0.6) is 0 Å². The number of halogens is 1. The molecule has 1 amide bonds. The van der Waals surface area contributed by atoms with Gasteiger partial charge in [0.1, 0.15) is 11.6 Å². The van der Waals surface area contributed by atoms with Gasteiger partial charge in [0, 0.05) is 13.2 Å². The van der Waals surface area contributed by atoms with E-state index in [1.807, 2.05) is 6.92 Å². The van der Waals surface area contributed by atoms with Gasteiger partial charge in [-0.1, -0.05) is 12.1 Å². The Hall–Kier alpha value is -2.43. The molecular weight excluding hydrogens is 257 g/mol. The third kappa shape index (κ3) is 3.12. The zero-order valence-corrected chi connectivity index (χ0v) is 11.4. The number of carbonyl (C=O) groups excluding carboxylic acids is 1. The number of aromatic nitrogens is 1. The molecule has 1 aromatic carbocycles. The van der Waals surface area contributed by atoms with Crippen molar-refractivity contribution in [2.24, 2.45) is 0 Å². The maximum atomic E-state index is 13.2. The highest BCUT2D eigenvalue weighted by atomic mass is 19.1. The van der Waals surface area contributed by atoms with Gasteiger partial charge in [-0.15, -0.1) is 0 Å². The molecule has 20 heavy (non-hydrogen) atoms. The standard InChI is InChI=1S/C15H16FN3O/c1-10(11-5-3-6-12(16)9-11)19-15(20)13-7-4-8-18-14(13)17-2/h3-10H,1-2H3,(H,17,18)(H,19,20). The first kappa shape index (κ1) is 14.0. The van der Waals surface area contributed by atoms with Crippen LogP contribution in [0.2, 0.25) is 0 Å². The van der Waals surface area contributed by atoms with Crippen LogP contribution in [-0.4, -0.2) is 17.9 Å². The maximum Gasteiger partial charge on any atom is 0.255 e. The fourth-order valence-corrected chi connectivity index (χ4v) is 1.92. The number of hydrogen-bond acceptors (Lipinski definition) is 3. The lowest BCUT2D eigenvalue weighted by Crippen LogP contribution is -2.27. The van der Waals surface area contributed by atoms with Gasteiger partial charge < -0.3 is 10.6 Å². The summed E-state index contributed by atoms with van der Waals surface area (Å²) in [6, 6.07) is 9.27. The highest BCUT2D eigenvalue weighted by Crippen LogP contribution is 2.16. The molecule has 0 aliphatic rings. The van der Waals surface area contributed by atoms with Crippen molar-refractivity contribution in [1.29, 1.82) is 0 Å². The van der Waals surface area contributed by atoms with Crippen LogP contribution in [0, 0.1) is 5.82 Å². The van der Waals surface area contributed by atoms with Crippen LogP contribution in [0.4, 0.5) is 10.2 Å². The predicted molar refractivity (Wildman–Crippen MR) is 76.1 cm³/mol. The van der Waals surface area contributed by atoms with Gasteiger partial charge in [-0.2, -0.15) is 0 Å². The molecule has 0 spiro atoms. The van der Waals surface area contributed by atoms with Crippen LogP contribution >= 0.6 is 0 Å². The summed E-state index contributed by atoms with van der Waals surface area (Å²) >= 11 is 0. The lowest BCUT2D eigenvalue weighted by Gasteiger charge is -2.15. The van der Waals surface area contributed by atoms with Crippen LogP contribution < -0.4 is 10.6 Å². The topological polar surface area (TPSA) is 54.0 Å². The molecule has 1 aromatic heterocycles. The molecule has 0 fully saturated rings. The third-order valence-corrected chi connectivity index (χ3v) is 2.99. The summed E-state index contributed by atoms with van der Waals surface area (Å²) in [6.07, 6.45) is 1.61. The summed E-state index contributed by atoms with van der Waals surface area (Å²) in [6.45, 7) is 1.81. The lowest BCUT2D eigenvalue weighted by molar-refractivity contribution is 0.0940. The number of benzene rings is 1. The average molecular weight is 273 g/mol. The minimum atomic E-state index is -0.319. The summed E-state index contributed by atoms with van der Waals surface area (Å²) in [5.41, 5.74) is 1.17. The van der Waals surface area contributed by atoms with Gasteiger partial charge in [0.25, 0.3) is 5.91 Å². The van der Waals surface area contributed by atoms with E-state index in [4.69, 9.17) is 0 Å². The van der Waals surface area contributed by atoms with Gasteiger partial charge >= 0.3 is 0 Å². The molecule has 1 heterocycles. The van der Waals surface area contributed by atoms with E-state index in [-0.39, 0.29) is 17.8 Å². The molecule has 0 radical (unpaired) electrons. The Bertz CT molecular complexity index is 616. The number of pyridine rings is 1. The molecule has 4 nitrogen and oxygen atoms in total. The van der Waals surface area contributed by atoms with E-state index in [1.165, 1.54) is 12.1 Å². The van der Waals surface area contributed by atoms with Gasteiger partial charge in [0.2, 0.25) is 0 Å². The second kappa shape index (κ2) is 6.14. The van der Waals surface area contributed by atoms with Crippen molar-refractivity contribution < 1.29 is 9.18 Å². The Morgan fingerprint density at radius 3 is 2.80 bits per heavy atom. The Balaban J connectivity index is 2.15. The van der Waals surface area contributed by atoms with Crippen molar-refractivity contribution in [2.75, 3.05) is 12.4 Å². The second-order valence-electron chi connectivity index (χ2n) is 4.40. The summed E-state index contributed by atoms with van der Waals surface area (Å²) in [4.78, 5) is 16.3. The van der Waals surface area contributed by atoms with Crippen molar-refractivity contribution >= 4 is 11.7 Å². The van der Waals surface area contributed by atoms with Crippen molar-refractivity contribution in [2.45, 2.75) is 13.0 Å². The van der Waals surface area contributed by atoms with Crippen LogP contribution in [0.1, 0.15) is 28.9 Å². The Morgan fingerprint density at radius 2 is 2.10 bits per heavy atom. The molecule has 0 bridgehead atoms. The van der Waals surface area contributed by atoms with E-state index in [9.17, 15) is 9.18 Å². The Kier molecular flexibility index (Phi) is 4.30. The van der Waals surface area contributed by atoms with Crippen molar-refractivity contribution in [1.82, 2.24) is 10.3 Å². The summed E-state index contributed by atoms with van der Waals surface area (Å²) in [5, 5.41) is 5.70. The molecule has 2 rings (SSSR count). The summed E-state index contributed by atoms with van der Waals surface area (Å²) < 4.78 is 13.2. The first-order valence-electron chi connectivity index (χ1n) is 6.31. The Morgan fingerprint density at radius 1 is 1.30 bits per heavy atom. The zero-order valence-electron chi connectivity index (χ0n) is 11.4. The van der Waals surface area contributed by atoms with E-state index in [0.717, 1.165) is 0 Å². The van der Waals surface area contributed by atoms with Crippen LogP contribution in [0.25, 0.3) is 0 Å². The maximum absolute atomic E-state index is 13.2. The summed E-state index contributed by atoms with van der Waals surface area (Å²) in [7, 11) is 1.70. The van der Waals surface area contributed by atoms with Gasteiger partial charge in [0.15, 0.2) is 0 Å². The van der Waals surface area contributed by atoms with Gasteiger partial charge in [0.05, 0.1) is 11.6 Å². The van der Waals surface area contributed by atoms with Crippen LogP contribution in [0.15, 0.2) is 42.6 Å². The molecule has 0 aliphatic heterocycles. The third-order valence-electron chi connectivity index (χ3n) is 2.99. The number of hydrogen-bond donors (Lipinski definition) is 2. The van der Waals surface area contributed by atoms with Gasteiger partial charge in [-0.3, -0.25) is 4.79 Å². The predicted octanol–water partition coefficient (Wildman–Crippen LogP) is 2.75. The highest BCUT2D eigenvalue weighted by molar-refractivity contribution is 5.98. The van der Waals surface area contributed by atoms with E-state index >= 15 is 0 Å². The highest BCUT2D eigenvalue weighted by Gasteiger charge is 2.15. The molecule has 1 atom stereocenters. The van der Waals surface area contributed by atoms with Gasteiger partial charge in [-0.25, -0.2) is 9.37 Å². The molecule has 104 valence electrons. The minimum absolute atomic E-state index is 0.251. The SMILES string of the molecule is CNc1ncccc1C(=O)NC(C)c1cccc(F)c1. The number of rotatable bonds is 4. The number of nitrogens with zero attached hydrogens (tertiary/aromatic N) is 1. The molecular formula is C15H16FN3O. The fraction of sp³-hybridized carbons (Fsp3) is 0.200. The fourth-order valence-electron chi connectivity index (χ4n) is 1.92. The van der Waals surface area contributed by atoms with Gasteiger partial charge in [-0.05, 0) is 36.8 Å². The number of amides is 1. The smallest absolute Gasteiger partial charge is 0.255 e. The van der Waals surface area contributed by atoms with Crippen LogP contribution in [-0.2, 0) is 0 Å². The minimum Gasteiger partial charge on any atom is -0.372 e. The van der Waals surface area contributed by atoms with Crippen molar-refractivity contribution in [3.8, 4) is 0 Å². The first-order chi connectivity index (χ1) is 9.61. The molecule has 0 aliphatic carbocycles. The zero-order chi connectivity index (χ0) is 14.5. The average Bonchev–Trinajstić information content (AvgIpc) is 2.47. The Labute approximate surface area is 117 Å². The van der Waals surface area contributed by atoms with Crippen LogP contribution in [0.3, 0.4) is 0 Å². The van der Waals surface area contributed by atoms with Crippen molar-refractivity contribution in [3.63, 3.8) is 0 Å². The second-order valence-corrected chi connectivity index (χ2v) is 4.40. The number of carbonyl (C=O) groups is 1. The number of nitrogens with one attached hydrogen (secondary N) is 2. The van der Waals surface area contributed by atoms with E-state index in [1.54, 1.807) is 37.5 Å². The molecule has 0 saturated heterocycles. The quantitative estimate of drug-likeness (QED) is 0.900. The van der Waals surface area contributed by atoms with E-state index in [0.29, 0.717) is 16.9 Å². The van der Waals surface area contributed by atoms with E-state index < -0.39 is 0 Å². The normalized spacial score (nSPS) is 11.8. The van der Waals surface area contributed by atoms with E-state index in [2.05, 4.69) is 15.6 Å². The van der Waals surface area contributed by atoms with Crippen molar-refractivity contribution in [3.05, 3.63) is 59.5 Å². The first-order valence-corrected chi connectivity index (χ1v) is 6.31. The number of anilines is 1. The molecule has 2 aromatic rings. The molecule has 0 saturated carbocycles. The molecule has 2 N–H and O–H groups in total. The molecule has 5 heteroatoms. The lowest BCUT2D eigenvalue weighted by atomic mass is 10.1. The monoisotopic (exact) mass is 273 g/mol. The molecule has 1 unspecified atom stereocenters. The largest absolute Gasteiger partial charge is 0.372 e. The summed E-state index contributed by atoms with van der Waals surface area (Å²) in [5.74, 6) is -0.0588.